The Morgan fingerprint density at radius 1 is 0.944 bits per heavy atom. The molecule has 0 aliphatic carbocycles. The second kappa shape index (κ2) is 5.49. The van der Waals surface area contributed by atoms with Crippen LogP contribution in [0.3, 0.4) is 0 Å². The van der Waals surface area contributed by atoms with Gasteiger partial charge in [-0.25, -0.2) is 0 Å². The van der Waals surface area contributed by atoms with E-state index in [0.29, 0.717) is 0 Å². The summed E-state index contributed by atoms with van der Waals surface area (Å²) in [6, 6.07) is 12.9. The third kappa shape index (κ3) is 3.08. The summed E-state index contributed by atoms with van der Waals surface area (Å²) in [7, 11) is 0. The first-order chi connectivity index (χ1) is 8.56. The molecule has 0 aliphatic rings. The molecule has 0 saturated heterocycles. The van der Waals surface area contributed by atoms with Crippen LogP contribution in [-0.4, -0.2) is 0 Å². The van der Waals surface area contributed by atoms with Crippen LogP contribution in [0.5, 0.6) is 0 Å². The molecule has 0 unspecified atom stereocenters. The Balaban J connectivity index is 2.09. The number of benzene rings is 2. The van der Waals surface area contributed by atoms with Crippen LogP contribution >= 0.6 is 11.8 Å². The largest absolute Gasteiger partial charge is 0.398 e. The van der Waals surface area contributed by atoms with Gasteiger partial charge >= 0.3 is 0 Å². The zero-order valence-electron chi connectivity index (χ0n) is 11.2. The highest BCUT2D eigenvalue weighted by atomic mass is 32.2. The summed E-state index contributed by atoms with van der Waals surface area (Å²) in [4.78, 5) is 1.17. The minimum absolute atomic E-state index is 0.879. The van der Waals surface area contributed by atoms with Crippen molar-refractivity contribution >= 4 is 17.4 Å². The molecule has 0 aromatic heterocycles. The summed E-state index contributed by atoms with van der Waals surface area (Å²) in [5.41, 5.74) is 12.2. The number of aryl methyl sites for hydroxylation is 3. The molecule has 0 aliphatic heterocycles. The highest BCUT2D eigenvalue weighted by molar-refractivity contribution is 7.98. The smallest absolute Gasteiger partial charge is 0.0454 e. The van der Waals surface area contributed by atoms with Gasteiger partial charge in [-0.05, 0) is 55.2 Å². The van der Waals surface area contributed by atoms with Crippen LogP contribution < -0.4 is 5.73 Å². The minimum atomic E-state index is 0.879. The SMILES string of the molecule is Cc1ccc(SCc2ccc(C)c(C)c2)c(N)c1. The third-order valence-electron chi connectivity index (χ3n) is 3.13. The van der Waals surface area contributed by atoms with Crippen LogP contribution in [0.2, 0.25) is 0 Å². The molecule has 0 spiro atoms. The van der Waals surface area contributed by atoms with Gasteiger partial charge in [0.15, 0.2) is 0 Å². The van der Waals surface area contributed by atoms with Crippen molar-refractivity contribution in [1.82, 2.24) is 0 Å². The van der Waals surface area contributed by atoms with Gasteiger partial charge in [-0.1, -0.05) is 24.3 Å². The van der Waals surface area contributed by atoms with Crippen molar-refractivity contribution in [2.75, 3.05) is 5.73 Å². The molecule has 2 aromatic rings. The maximum atomic E-state index is 6.02. The molecule has 0 atom stereocenters. The zero-order valence-corrected chi connectivity index (χ0v) is 12.0. The number of rotatable bonds is 3. The van der Waals surface area contributed by atoms with Crippen molar-refractivity contribution in [3.63, 3.8) is 0 Å². The Morgan fingerprint density at radius 2 is 1.72 bits per heavy atom. The monoisotopic (exact) mass is 257 g/mol. The van der Waals surface area contributed by atoms with Crippen molar-refractivity contribution in [1.29, 1.82) is 0 Å². The van der Waals surface area contributed by atoms with Crippen molar-refractivity contribution in [3.8, 4) is 0 Å². The van der Waals surface area contributed by atoms with Gasteiger partial charge in [0.05, 0.1) is 0 Å². The number of anilines is 1. The van der Waals surface area contributed by atoms with Crippen LogP contribution in [0.25, 0.3) is 0 Å². The standard InChI is InChI=1S/C16H19NS/c1-11-4-7-16(15(17)8-11)18-10-14-6-5-12(2)13(3)9-14/h4-9H,10,17H2,1-3H3. The average Bonchev–Trinajstić information content (AvgIpc) is 2.32. The fourth-order valence-corrected chi connectivity index (χ4v) is 2.75. The summed E-state index contributed by atoms with van der Waals surface area (Å²) in [5.74, 6) is 0.967. The molecule has 0 fully saturated rings. The fourth-order valence-electron chi connectivity index (χ4n) is 1.85. The van der Waals surface area contributed by atoms with E-state index in [1.807, 2.05) is 6.07 Å². The van der Waals surface area contributed by atoms with Gasteiger partial charge in [0.25, 0.3) is 0 Å². The molecule has 0 saturated carbocycles. The summed E-state index contributed by atoms with van der Waals surface area (Å²) in [6.07, 6.45) is 0. The van der Waals surface area contributed by atoms with E-state index in [-0.39, 0.29) is 0 Å². The van der Waals surface area contributed by atoms with Gasteiger partial charge in [-0.2, -0.15) is 0 Å². The highest BCUT2D eigenvalue weighted by Crippen LogP contribution is 2.29. The van der Waals surface area contributed by atoms with Crippen LogP contribution in [0.4, 0.5) is 5.69 Å². The van der Waals surface area contributed by atoms with Crippen molar-refractivity contribution < 1.29 is 0 Å². The molecule has 2 heteroatoms. The molecular formula is C16H19NS. The molecule has 94 valence electrons. The maximum Gasteiger partial charge on any atom is 0.0454 e. The second-order valence-electron chi connectivity index (χ2n) is 4.75. The van der Waals surface area contributed by atoms with E-state index in [1.54, 1.807) is 11.8 Å². The van der Waals surface area contributed by atoms with E-state index >= 15 is 0 Å². The van der Waals surface area contributed by atoms with Gasteiger partial charge < -0.3 is 5.73 Å². The predicted molar refractivity (Wildman–Crippen MR) is 81.1 cm³/mol. The lowest BCUT2D eigenvalue weighted by Crippen LogP contribution is -1.90. The van der Waals surface area contributed by atoms with Gasteiger partial charge in [0, 0.05) is 16.3 Å². The number of hydrogen-bond acceptors (Lipinski definition) is 2. The lowest BCUT2D eigenvalue weighted by molar-refractivity contribution is 1.28. The quantitative estimate of drug-likeness (QED) is 0.648. The molecule has 2 aromatic carbocycles. The molecule has 0 radical (unpaired) electrons. The van der Waals surface area contributed by atoms with Crippen LogP contribution in [0.15, 0.2) is 41.3 Å². The summed E-state index contributed by atoms with van der Waals surface area (Å²) in [5, 5.41) is 0. The summed E-state index contributed by atoms with van der Waals surface area (Å²) in [6.45, 7) is 6.36. The second-order valence-corrected chi connectivity index (χ2v) is 5.77. The highest BCUT2D eigenvalue weighted by Gasteiger charge is 2.02. The Labute approximate surface area is 113 Å². The number of hydrogen-bond donors (Lipinski definition) is 1. The topological polar surface area (TPSA) is 26.0 Å². The minimum Gasteiger partial charge on any atom is -0.398 e. The molecule has 2 rings (SSSR count). The average molecular weight is 257 g/mol. The van der Waals surface area contributed by atoms with E-state index < -0.39 is 0 Å². The predicted octanol–water partition coefficient (Wildman–Crippen LogP) is 4.49. The van der Waals surface area contributed by atoms with Gasteiger partial charge in [0.1, 0.15) is 0 Å². The third-order valence-corrected chi connectivity index (χ3v) is 4.29. The van der Waals surface area contributed by atoms with Crippen LogP contribution in [0.1, 0.15) is 22.3 Å². The summed E-state index contributed by atoms with van der Waals surface area (Å²) < 4.78 is 0. The van der Waals surface area contributed by atoms with Crippen LogP contribution in [0, 0.1) is 20.8 Å². The molecule has 0 amide bonds. The Kier molecular flexibility index (Phi) is 3.97. The molecule has 1 nitrogen and oxygen atoms in total. The lowest BCUT2D eigenvalue weighted by Gasteiger charge is -2.08. The molecule has 2 N–H and O–H groups in total. The normalized spacial score (nSPS) is 10.6. The lowest BCUT2D eigenvalue weighted by atomic mass is 10.1. The zero-order chi connectivity index (χ0) is 13.1. The Hall–Kier alpha value is -1.41. The first kappa shape index (κ1) is 13.0. The number of thioether (sulfide) groups is 1. The maximum absolute atomic E-state index is 6.02. The van der Waals surface area contributed by atoms with Gasteiger partial charge in [0.2, 0.25) is 0 Å². The van der Waals surface area contributed by atoms with Crippen molar-refractivity contribution in [3.05, 3.63) is 58.7 Å². The number of nitrogens with two attached hydrogens (primary N) is 1. The van der Waals surface area contributed by atoms with Gasteiger partial charge in [-0.3, -0.25) is 0 Å². The van der Waals surface area contributed by atoms with Gasteiger partial charge in [-0.15, -0.1) is 11.8 Å². The van der Waals surface area contributed by atoms with Crippen molar-refractivity contribution in [2.45, 2.75) is 31.4 Å². The van der Waals surface area contributed by atoms with E-state index in [1.165, 1.54) is 27.1 Å². The fraction of sp³-hybridized carbons (Fsp3) is 0.250. The van der Waals surface area contributed by atoms with E-state index in [0.717, 1.165) is 11.4 Å². The van der Waals surface area contributed by atoms with E-state index in [2.05, 4.69) is 51.1 Å². The van der Waals surface area contributed by atoms with E-state index in [4.69, 9.17) is 5.73 Å². The molecular weight excluding hydrogens is 238 g/mol. The molecule has 18 heavy (non-hydrogen) atoms. The Morgan fingerprint density at radius 3 is 2.39 bits per heavy atom. The molecule has 0 bridgehead atoms. The first-order valence-electron chi connectivity index (χ1n) is 6.11. The van der Waals surface area contributed by atoms with Crippen molar-refractivity contribution in [2.24, 2.45) is 0 Å². The summed E-state index contributed by atoms with van der Waals surface area (Å²) >= 11 is 1.80. The number of nitrogen functional groups attached to an aromatic ring is 1. The Bertz CT molecular complexity index is 561. The van der Waals surface area contributed by atoms with E-state index in [9.17, 15) is 0 Å². The van der Waals surface area contributed by atoms with Crippen LogP contribution in [-0.2, 0) is 5.75 Å². The molecule has 0 heterocycles. The first-order valence-corrected chi connectivity index (χ1v) is 7.10.